The molecular formula is C15H19N3O3. The third kappa shape index (κ3) is 2.76. The van der Waals surface area contributed by atoms with Crippen LogP contribution in [0.2, 0.25) is 0 Å². The lowest BCUT2D eigenvalue weighted by Gasteiger charge is -2.24. The number of carbonyl (C=O) groups is 1. The number of fused-ring (bicyclic) bond motifs is 2. The summed E-state index contributed by atoms with van der Waals surface area (Å²) in [6.07, 6.45) is 3.24. The van der Waals surface area contributed by atoms with Gasteiger partial charge in [0.2, 0.25) is 0 Å². The molecule has 2 aliphatic heterocycles. The van der Waals surface area contributed by atoms with Crippen LogP contribution in [0.5, 0.6) is 0 Å². The molecule has 0 aromatic heterocycles. The Morgan fingerprint density at radius 2 is 2.10 bits per heavy atom. The van der Waals surface area contributed by atoms with Gasteiger partial charge in [0.25, 0.3) is 11.6 Å². The minimum Gasteiger partial charge on any atom is -0.337 e. The van der Waals surface area contributed by atoms with E-state index in [-0.39, 0.29) is 11.6 Å². The van der Waals surface area contributed by atoms with E-state index in [0.29, 0.717) is 36.3 Å². The predicted molar refractivity (Wildman–Crippen MR) is 78.3 cm³/mol. The summed E-state index contributed by atoms with van der Waals surface area (Å²) in [5, 5.41) is 14.5. The summed E-state index contributed by atoms with van der Waals surface area (Å²) in [5.41, 5.74) is 0.994. The van der Waals surface area contributed by atoms with Crippen molar-refractivity contribution < 1.29 is 9.72 Å². The molecule has 2 saturated heterocycles. The number of likely N-dealkylation sites (tertiary alicyclic amines) is 1. The number of hydrogen-bond acceptors (Lipinski definition) is 4. The Morgan fingerprint density at radius 3 is 2.86 bits per heavy atom. The van der Waals surface area contributed by atoms with Gasteiger partial charge in [-0.1, -0.05) is 6.07 Å². The molecule has 21 heavy (non-hydrogen) atoms. The highest BCUT2D eigenvalue weighted by Crippen LogP contribution is 2.24. The number of nitrogens with one attached hydrogen (secondary N) is 1. The molecule has 1 amide bonds. The standard InChI is InChI=1S/C15H19N3O3/c1-10-2-3-11(8-14(10)18(20)21)15(19)17-7-6-12-4-5-13(9-17)16-12/h2-3,8,12-13,16H,4-7,9H2,1H3. The molecule has 0 spiro atoms. The van der Waals surface area contributed by atoms with Crippen LogP contribution in [0.15, 0.2) is 18.2 Å². The van der Waals surface area contributed by atoms with Crippen LogP contribution in [0.1, 0.15) is 35.2 Å². The molecule has 2 fully saturated rings. The van der Waals surface area contributed by atoms with Crippen LogP contribution in [0.25, 0.3) is 0 Å². The van der Waals surface area contributed by atoms with E-state index < -0.39 is 4.92 Å². The summed E-state index contributed by atoms with van der Waals surface area (Å²) in [6.45, 7) is 3.09. The van der Waals surface area contributed by atoms with Crippen molar-refractivity contribution in [3.05, 3.63) is 39.4 Å². The third-order valence-corrected chi connectivity index (χ3v) is 4.46. The Hall–Kier alpha value is -1.95. The van der Waals surface area contributed by atoms with E-state index in [1.807, 2.05) is 4.90 Å². The van der Waals surface area contributed by atoms with Crippen molar-refractivity contribution in [3.63, 3.8) is 0 Å². The zero-order chi connectivity index (χ0) is 15.0. The maximum absolute atomic E-state index is 12.6. The molecule has 2 unspecified atom stereocenters. The Morgan fingerprint density at radius 1 is 1.33 bits per heavy atom. The number of benzene rings is 1. The van der Waals surface area contributed by atoms with Crippen molar-refractivity contribution in [1.82, 2.24) is 10.2 Å². The second-order valence-electron chi connectivity index (χ2n) is 5.94. The molecule has 1 aromatic carbocycles. The molecule has 1 N–H and O–H groups in total. The minimum absolute atomic E-state index is 0.00955. The lowest BCUT2D eigenvalue weighted by atomic mass is 10.1. The van der Waals surface area contributed by atoms with Gasteiger partial charge < -0.3 is 10.2 Å². The summed E-state index contributed by atoms with van der Waals surface area (Å²) < 4.78 is 0. The van der Waals surface area contributed by atoms with E-state index >= 15 is 0 Å². The topological polar surface area (TPSA) is 75.5 Å². The van der Waals surface area contributed by atoms with E-state index in [2.05, 4.69) is 5.32 Å². The molecule has 2 aliphatic rings. The number of hydrogen-bond donors (Lipinski definition) is 1. The van der Waals surface area contributed by atoms with Crippen LogP contribution in [-0.4, -0.2) is 40.9 Å². The Labute approximate surface area is 123 Å². The molecule has 6 heteroatoms. The highest BCUT2D eigenvalue weighted by Gasteiger charge is 2.31. The maximum Gasteiger partial charge on any atom is 0.273 e. The number of nitro groups is 1. The van der Waals surface area contributed by atoms with Gasteiger partial charge in [-0.2, -0.15) is 0 Å². The van der Waals surface area contributed by atoms with Gasteiger partial charge in [0.1, 0.15) is 0 Å². The fourth-order valence-corrected chi connectivity index (χ4v) is 3.25. The fraction of sp³-hybridized carbons (Fsp3) is 0.533. The van der Waals surface area contributed by atoms with E-state index in [0.717, 1.165) is 12.8 Å². The highest BCUT2D eigenvalue weighted by molar-refractivity contribution is 5.95. The zero-order valence-electron chi connectivity index (χ0n) is 12.0. The molecule has 2 bridgehead atoms. The summed E-state index contributed by atoms with van der Waals surface area (Å²) >= 11 is 0. The van der Waals surface area contributed by atoms with Crippen molar-refractivity contribution in [2.75, 3.05) is 13.1 Å². The van der Waals surface area contributed by atoms with Crippen molar-refractivity contribution in [2.45, 2.75) is 38.3 Å². The van der Waals surface area contributed by atoms with Crippen molar-refractivity contribution in [2.24, 2.45) is 0 Å². The van der Waals surface area contributed by atoms with E-state index in [1.54, 1.807) is 19.1 Å². The van der Waals surface area contributed by atoms with Gasteiger partial charge in [0.15, 0.2) is 0 Å². The molecular weight excluding hydrogens is 270 g/mol. The number of nitro benzene ring substituents is 1. The summed E-state index contributed by atoms with van der Waals surface area (Å²) in [4.78, 5) is 25.0. The van der Waals surface area contributed by atoms with Gasteiger partial charge in [-0.3, -0.25) is 14.9 Å². The Kier molecular flexibility index (Phi) is 3.63. The lowest BCUT2D eigenvalue weighted by molar-refractivity contribution is -0.385. The average Bonchev–Trinajstić information content (AvgIpc) is 2.78. The Bertz CT molecular complexity index is 588. The van der Waals surface area contributed by atoms with Crippen molar-refractivity contribution in [1.29, 1.82) is 0 Å². The number of carbonyl (C=O) groups excluding carboxylic acids is 1. The maximum atomic E-state index is 12.6. The molecule has 0 aliphatic carbocycles. The predicted octanol–water partition coefficient (Wildman–Crippen LogP) is 1.87. The second kappa shape index (κ2) is 5.44. The van der Waals surface area contributed by atoms with Gasteiger partial charge in [-0.25, -0.2) is 0 Å². The largest absolute Gasteiger partial charge is 0.337 e. The first-order chi connectivity index (χ1) is 10.0. The SMILES string of the molecule is Cc1ccc(C(=O)N2CCC3CCC(C2)N3)cc1[N+](=O)[O-]. The molecule has 2 heterocycles. The van der Waals surface area contributed by atoms with Crippen LogP contribution in [0.3, 0.4) is 0 Å². The first-order valence-corrected chi connectivity index (χ1v) is 7.35. The van der Waals surface area contributed by atoms with E-state index in [4.69, 9.17) is 0 Å². The van der Waals surface area contributed by atoms with Crippen molar-refractivity contribution in [3.8, 4) is 0 Å². The highest BCUT2D eigenvalue weighted by atomic mass is 16.6. The van der Waals surface area contributed by atoms with Gasteiger partial charge in [-0.15, -0.1) is 0 Å². The number of rotatable bonds is 2. The molecule has 112 valence electrons. The van der Waals surface area contributed by atoms with Gasteiger partial charge in [0, 0.05) is 42.4 Å². The number of aryl methyl sites for hydroxylation is 1. The first kappa shape index (κ1) is 14.0. The molecule has 0 radical (unpaired) electrons. The van der Waals surface area contributed by atoms with Crippen LogP contribution in [0.4, 0.5) is 5.69 Å². The molecule has 1 aromatic rings. The first-order valence-electron chi connectivity index (χ1n) is 7.35. The lowest BCUT2D eigenvalue weighted by Crippen LogP contribution is -2.39. The van der Waals surface area contributed by atoms with Crippen molar-refractivity contribution >= 4 is 11.6 Å². The average molecular weight is 289 g/mol. The summed E-state index contributed by atoms with van der Waals surface area (Å²) in [5.74, 6) is -0.104. The summed E-state index contributed by atoms with van der Waals surface area (Å²) in [7, 11) is 0. The van der Waals surface area contributed by atoms with Crippen LogP contribution >= 0.6 is 0 Å². The van der Waals surface area contributed by atoms with E-state index in [9.17, 15) is 14.9 Å². The normalized spacial score (nSPS) is 24.7. The molecule has 6 nitrogen and oxygen atoms in total. The Balaban J connectivity index is 1.81. The van der Waals surface area contributed by atoms with Crippen LogP contribution < -0.4 is 5.32 Å². The summed E-state index contributed by atoms with van der Waals surface area (Å²) in [6, 6.07) is 5.60. The van der Waals surface area contributed by atoms with Gasteiger partial charge in [0.05, 0.1) is 4.92 Å². The zero-order valence-corrected chi connectivity index (χ0v) is 12.0. The van der Waals surface area contributed by atoms with Crippen LogP contribution in [0, 0.1) is 17.0 Å². The smallest absolute Gasteiger partial charge is 0.273 e. The second-order valence-corrected chi connectivity index (χ2v) is 5.94. The molecule has 3 rings (SSSR count). The minimum atomic E-state index is -0.432. The fourth-order valence-electron chi connectivity index (χ4n) is 3.25. The number of amides is 1. The molecule has 2 atom stereocenters. The van der Waals surface area contributed by atoms with E-state index in [1.165, 1.54) is 12.5 Å². The molecule has 0 saturated carbocycles. The third-order valence-electron chi connectivity index (χ3n) is 4.46. The van der Waals surface area contributed by atoms with Crippen LogP contribution in [-0.2, 0) is 0 Å². The quantitative estimate of drug-likeness (QED) is 0.666. The van der Waals surface area contributed by atoms with Gasteiger partial charge >= 0.3 is 0 Å². The number of nitrogens with zero attached hydrogens (tertiary/aromatic N) is 2. The van der Waals surface area contributed by atoms with Gasteiger partial charge in [-0.05, 0) is 32.3 Å². The monoisotopic (exact) mass is 289 g/mol.